The van der Waals surface area contributed by atoms with Gasteiger partial charge in [0, 0.05) is 5.92 Å². The van der Waals surface area contributed by atoms with Gasteiger partial charge < -0.3 is 4.84 Å². The van der Waals surface area contributed by atoms with Crippen LogP contribution in [0.4, 0.5) is 0 Å². The van der Waals surface area contributed by atoms with E-state index in [1.165, 1.54) is 5.56 Å². The maximum Gasteiger partial charge on any atom is 0.294 e. The molecule has 114 valence electrons. The summed E-state index contributed by atoms with van der Waals surface area (Å²) in [7, 11) is 0. The number of hydrogen-bond donors (Lipinski definition) is 0. The molecule has 0 amide bonds. The lowest BCUT2D eigenvalue weighted by atomic mass is 9.75. The van der Waals surface area contributed by atoms with Gasteiger partial charge in [0.1, 0.15) is 6.10 Å². The van der Waals surface area contributed by atoms with E-state index in [-0.39, 0.29) is 17.9 Å². The molecule has 0 fully saturated rings. The van der Waals surface area contributed by atoms with E-state index in [1.54, 1.807) is 0 Å². The maximum absolute atomic E-state index is 10.8. The minimum absolute atomic E-state index is 0.175. The number of nitrogens with zero attached hydrogens (tertiary/aromatic N) is 1. The molecule has 3 atom stereocenters. The quantitative estimate of drug-likeness (QED) is 0.422. The Bertz CT molecular complexity index is 472. The van der Waals surface area contributed by atoms with E-state index in [1.807, 2.05) is 18.2 Å². The smallest absolute Gasteiger partial charge is 0.294 e. The highest BCUT2D eigenvalue weighted by molar-refractivity contribution is 5.26. The zero-order chi connectivity index (χ0) is 15.1. The lowest BCUT2D eigenvalue weighted by Gasteiger charge is -2.33. The zero-order valence-electron chi connectivity index (χ0n) is 12.5. The van der Waals surface area contributed by atoms with Crippen molar-refractivity contribution in [2.24, 2.45) is 5.92 Å². The summed E-state index contributed by atoms with van der Waals surface area (Å²) in [4.78, 5) is 15.9. The second-order valence-corrected chi connectivity index (χ2v) is 5.62. The molecule has 1 aliphatic carbocycles. The molecule has 1 aromatic carbocycles. The number of rotatable bonds is 7. The first-order valence-corrected chi connectivity index (χ1v) is 7.75. The van der Waals surface area contributed by atoms with Crippen molar-refractivity contribution in [3.63, 3.8) is 0 Å². The lowest BCUT2D eigenvalue weighted by Crippen LogP contribution is -2.32. The van der Waals surface area contributed by atoms with Crippen molar-refractivity contribution in [2.45, 2.75) is 51.0 Å². The minimum atomic E-state index is -0.624. The molecule has 0 N–H and O–H groups in total. The molecule has 2 rings (SSSR count). The molecule has 0 saturated heterocycles. The number of unbranched alkanes of at least 4 members (excludes halogenated alkanes) is 1. The van der Waals surface area contributed by atoms with Crippen LogP contribution in [-0.4, -0.2) is 11.2 Å². The third-order valence-corrected chi connectivity index (χ3v) is 4.20. The highest BCUT2D eigenvalue weighted by atomic mass is 17.0. The van der Waals surface area contributed by atoms with E-state index in [4.69, 9.17) is 4.84 Å². The van der Waals surface area contributed by atoms with Crippen molar-refractivity contribution in [2.75, 3.05) is 0 Å². The van der Waals surface area contributed by atoms with Crippen LogP contribution in [0.2, 0.25) is 0 Å². The van der Waals surface area contributed by atoms with Crippen molar-refractivity contribution >= 4 is 0 Å². The van der Waals surface area contributed by atoms with Gasteiger partial charge in [0.25, 0.3) is 5.09 Å². The summed E-state index contributed by atoms with van der Waals surface area (Å²) < 4.78 is 0. The Morgan fingerprint density at radius 2 is 2.14 bits per heavy atom. The summed E-state index contributed by atoms with van der Waals surface area (Å²) in [6, 6.07) is 10.2. The molecule has 0 aliphatic heterocycles. The van der Waals surface area contributed by atoms with Gasteiger partial charge in [-0.25, -0.2) is 0 Å². The van der Waals surface area contributed by atoms with Gasteiger partial charge in [0.05, 0.1) is 0 Å². The van der Waals surface area contributed by atoms with Gasteiger partial charge in [-0.2, -0.15) is 0 Å². The number of hydrogen-bond acceptors (Lipinski definition) is 3. The highest BCUT2D eigenvalue weighted by Gasteiger charge is 2.32. The fourth-order valence-corrected chi connectivity index (χ4v) is 3.17. The average Bonchev–Trinajstić information content (AvgIpc) is 2.52. The fraction of sp³-hybridized carbons (Fsp3) is 0.529. The van der Waals surface area contributed by atoms with Crippen LogP contribution in [0.5, 0.6) is 0 Å². The molecule has 0 radical (unpaired) electrons. The number of benzene rings is 1. The monoisotopic (exact) mass is 289 g/mol. The largest absolute Gasteiger partial charge is 0.310 e. The second kappa shape index (κ2) is 7.81. The third-order valence-electron chi connectivity index (χ3n) is 4.20. The molecule has 0 bridgehead atoms. The molecule has 1 aliphatic rings. The van der Waals surface area contributed by atoms with Gasteiger partial charge in [-0.1, -0.05) is 62.2 Å². The zero-order valence-corrected chi connectivity index (χ0v) is 12.5. The van der Waals surface area contributed by atoms with Gasteiger partial charge in [-0.05, 0) is 30.7 Å². The average molecular weight is 289 g/mol. The Balaban J connectivity index is 2.19. The molecule has 0 heterocycles. The normalized spacial score (nSPS) is 22.7. The molecule has 1 aromatic rings. The Kier molecular flexibility index (Phi) is 5.78. The van der Waals surface area contributed by atoms with Crippen LogP contribution >= 0.6 is 0 Å². The van der Waals surface area contributed by atoms with Crippen molar-refractivity contribution in [1.29, 1.82) is 0 Å². The topological polar surface area (TPSA) is 52.4 Å². The maximum atomic E-state index is 10.8. The molecule has 21 heavy (non-hydrogen) atoms. The molecular formula is C17H23NO3. The van der Waals surface area contributed by atoms with Gasteiger partial charge >= 0.3 is 0 Å². The van der Waals surface area contributed by atoms with E-state index in [9.17, 15) is 10.1 Å². The van der Waals surface area contributed by atoms with Crippen molar-refractivity contribution in [3.8, 4) is 0 Å². The van der Waals surface area contributed by atoms with Crippen LogP contribution in [0, 0.1) is 16.0 Å². The summed E-state index contributed by atoms with van der Waals surface area (Å²) in [6.07, 6.45) is 8.70. The van der Waals surface area contributed by atoms with Crippen LogP contribution < -0.4 is 0 Å². The van der Waals surface area contributed by atoms with E-state index >= 15 is 0 Å². The summed E-state index contributed by atoms with van der Waals surface area (Å²) >= 11 is 0. The van der Waals surface area contributed by atoms with E-state index in [0.29, 0.717) is 0 Å². The molecule has 4 nitrogen and oxygen atoms in total. The van der Waals surface area contributed by atoms with Gasteiger partial charge in [0.2, 0.25) is 0 Å². The Morgan fingerprint density at radius 3 is 2.81 bits per heavy atom. The first-order chi connectivity index (χ1) is 10.2. The molecule has 0 spiro atoms. The second-order valence-electron chi connectivity index (χ2n) is 5.62. The Labute approximate surface area is 125 Å². The van der Waals surface area contributed by atoms with Crippen molar-refractivity contribution in [1.82, 2.24) is 0 Å². The van der Waals surface area contributed by atoms with Crippen LogP contribution in [0.15, 0.2) is 42.5 Å². The van der Waals surface area contributed by atoms with Gasteiger partial charge in [-0.15, -0.1) is 10.1 Å². The van der Waals surface area contributed by atoms with E-state index < -0.39 is 5.09 Å². The SMILES string of the molecule is CCCCC(O[N+](=O)[O-])C1CCC=CC1c1ccccc1. The fourth-order valence-electron chi connectivity index (χ4n) is 3.17. The van der Waals surface area contributed by atoms with Crippen LogP contribution in [0.1, 0.15) is 50.5 Å². The van der Waals surface area contributed by atoms with Crippen molar-refractivity contribution in [3.05, 3.63) is 58.2 Å². The molecule has 4 heteroatoms. The first-order valence-electron chi connectivity index (χ1n) is 7.75. The van der Waals surface area contributed by atoms with Crippen LogP contribution in [0.25, 0.3) is 0 Å². The molecule has 0 saturated carbocycles. The van der Waals surface area contributed by atoms with Crippen LogP contribution in [-0.2, 0) is 4.84 Å². The van der Waals surface area contributed by atoms with E-state index in [2.05, 4.69) is 31.2 Å². The van der Waals surface area contributed by atoms with Gasteiger partial charge in [-0.3, -0.25) is 0 Å². The minimum Gasteiger partial charge on any atom is -0.310 e. The Morgan fingerprint density at radius 1 is 1.38 bits per heavy atom. The van der Waals surface area contributed by atoms with Crippen LogP contribution in [0.3, 0.4) is 0 Å². The lowest BCUT2D eigenvalue weighted by molar-refractivity contribution is -0.771. The predicted octanol–water partition coefficient (Wildman–Crippen LogP) is 4.50. The summed E-state index contributed by atoms with van der Waals surface area (Å²) in [6.45, 7) is 2.10. The number of allylic oxidation sites excluding steroid dienone is 2. The standard InChI is InChI=1S/C17H23NO3/c1-2-3-13-17(21-18(19)20)16-12-8-7-11-15(16)14-9-5-4-6-10-14/h4-7,9-11,15-17H,2-3,8,12-13H2,1H3. The molecule has 3 unspecified atom stereocenters. The molecule has 0 aromatic heterocycles. The first kappa shape index (κ1) is 15.5. The summed E-state index contributed by atoms with van der Waals surface area (Å²) in [5.74, 6) is 0.385. The van der Waals surface area contributed by atoms with Gasteiger partial charge in [0.15, 0.2) is 0 Å². The van der Waals surface area contributed by atoms with Crippen molar-refractivity contribution < 1.29 is 9.92 Å². The highest BCUT2D eigenvalue weighted by Crippen LogP contribution is 2.38. The summed E-state index contributed by atoms with van der Waals surface area (Å²) in [5, 5.41) is 10.2. The summed E-state index contributed by atoms with van der Waals surface area (Å²) in [5.41, 5.74) is 1.21. The van der Waals surface area contributed by atoms with E-state index in [0.717, 1.165) is 32.1 Å². The molecular weight excluding hydrogens is 266 g/mol. The third kappa shape index (κ3) is 4.31. The Hall–Kier alpha value is -1.84. The predicted molar refractivity (Wildman–Crippen MR) is 82.4 cm³/mol.